The molecule has 0 fully saturated rings. The first-order chi connectivity index (χ1) is 10.6. The summed E-state index contributed by atoms with van der Waals surface area (Å²) in [5, 5.41) is 8.50. The molecule has 0 heterocycles. The van der Waals surface area contributed by atoms with Crippen LogP contribution < -0.4 is 4.74 Å². The molecule has 0 N–H and O–H groups in total. The van der Waals surface area contributed by atoms with Crippen molar-refractivity contribution in [2.45, 2.75) is 39.7 Å². The Kier molecular flexibility index (Phi) is 8.13. The first kappa shape index (κ1) is 18.7. The quantitative estimate of drug-likeness (QED) is 0.487. The van der Waals surface area contributed by atoms with Crippen molar-refractivity contribution in [3.63, 3.8) is 0 Å². The van der Waals surface area contributed by atoms with Crippen LogP contribution in [0, 0.1) is 11.5 Å². The van der Waals surface area contributed by atoms with Crippen molar-refractivity contribution in [1.29, 1.82) is 5.26 Å². The predicted molar refractivity (Wildman–Crippen MR) is 86.4 cm³/mol. The molecule has 1 unspecified atom stereocenters. The molecule has 0 aliphatic rings. The molecule has 6 heteroatoms. The fourth-order valence-corrected chi connectivity index (χ4v) is 5.18. The van der Waals surface area contributed by atoms with Gasteiger partial charge in [-0.25, -0.2) is 0 Å². The standard InChI is InChI=1S/C16H25NO4Si/c1-5-19-22(20-6-2,21-7-3)14(4)12-15-8-10-16(11-9-15)18-13-17/h8-11,14H,5-7,12H2,1-4H3. The highest BCUT2D eigenvalue weighted by molar-refractivity contribution is 6.62. The van der Waals surface area contributed by atoms with Crippen LogP contribution in [0.5, 0.6) is 5.75 Å². The smallest absolute Gasteiger partial charge is 0.388 e. The van der Waals surface area contributed by atoms with E-state index in [2.05, 4.69) is 6.92 Å². The van der Waals surface area contributed by atoms with E-state index in [-0.39, 0.29) is 5.54 Å². The van der Waals surface area contributed by atoms with Crippen molar-refractivity contribution in [1.82, 2.24) is 0 Å². The zero-order valence-electron chi connectivity index (χ0n) is 13.8. The molecular weight excluding hydrogens is 298 g/mol. The van der Waals surface area contributed by atoms with Crippen LogP contribution in [0.25, 0.3) is 0 Å². The van der Waals surface area contributed by atoms with E-state index in [1.807, 2.05) is 32.9 Å². The summed E-state index contributed by atoms with van der Waals surface area (Å²) in [6, 6.07) is 7.48. The van der Waals surface area contributed by atoms with Gasteiger partial charge in [-0.05, 0) is 44.9 Å². The lowest BCUT2D eigenvalue weighted by Gasteiger charge is -2.33. The van der Waals surface area contributed by atoms with Gasteiger partial charge in [0, 0.05) is 25.4 Å². The summed E-state index contributed by atoms with van der Waals surface area (Å²) in [4.78, 5) is 0. The molecule has 5 nitrogen and oxygen atoms in total. The molecule has 0 aliphatic carbocycles. The average molecular weight is 323 g/mol. The zero-order chi connectivity index (χ0) is 16.4. The fraction of sp³-hybridized carbons (Fsp3) is 0.562. The number of benzene rings is 1. The highest BCUT2D eigenvalue weighted by atomic mass is 28.4. The Bertz CT molecular complexity index is 455. The maximum atomic E-state index is 8.50. The van der Waals surface area contributed by atoms with Crippen LogP contribution in [-0.4, -0.2) is 28.6 Å². The lowest BCUT2D eigenvalue weighted by Crippen LogP contribution is -2.50. The van der Waals surface area contributed by atoms with Gasteiger partial charge in [0.15, 0.2) is 0 Å². The number of hydrogen-bond donors (Lipinski definition) is 0. The van der Waals surface area contributed by atoms with Gasteiger partial charge in [-0.15, -0.1) is 5.26 Å². The average Bonchev–Trinajstić information content (AvgIpc) is 2.50. The lowest BCUT2D eigenvalue weighted by molar-refractivity contribution is 0.0624. The topological polar surface area (TPSA) is 60.7 Å². The fourth-order valence-electron chi connectivity index (χ4n) is 2.38. The Hall–Kier alpha value is -1.39. The second-order valence-corrected chi connectivity index (χ2v) is 7.90. The summed E-state index contributed by atoms with van der Waals surface area (Å²) in [6.07, 6.45) is 2.46. The first-order valence-corrected chi connectivity index (χ1v) is 9.48. The minimum Gasteiger partial charge on any atom is -0.388 e. The molecule has 0 saturated heterocycles. The summed E-state index contributed by atoms with van der Waals surface area (Å²) in [6.45, 7) is 9.71. The molecule has 22 heavy (non-hydrogen) atoms. The van der Waals surface area contributed by atoms with Crippen LogP contribution >= 0.6 is 0 Å². The summed E-state index contributed by atoms with van der Waals surface area (Å²) < 4.78 is 22.6. The van der Waals surface area contributed by atoms with Gasteiger partial charge in [0.1, 0.15) is 5.75 Å². The lowest BCUT2D eigenvalue weighted by atomic mass is 10.1. The van der Waals surface area contributed by atoms with Crippen LogP contribution in [0.15, 0.2) is 24.3 Å². The molecule has 1 atom stereocenters. The van der Waals surface area contributed by atoms with Crippen LogP contribution in [0.3, 0.4) is 0 Å². The Morgan fingerprint density at radius 3 is 1.91 bits per heavy atom. The summed E-state index contributed by atoms with van der Waals surface area (Å²) in [7, 11) is -2.69. The van der Waals surface area contributed by atoms with Gasteiger partial charge >= 0.3 is 8.80 Å². The van der Waals surface area contributed by atoms with Crippen molar-refractivity contribution in [2.75, 3.05) is 19.8 Å². The Morgan fingerprint density at radius 1 is 1.00 bits per heavy atom. The van der Waals surface area contributed by atoms with E-state index in [9.17, 15) is 0 Å². The van der Waals surface area contributed by atoms with E-state index in [4.69, 9.17) is 23.3 Å². The Labute approximate surface area is 134 Å². The van der Waals surface area contributed by atoms with Gasteiger partial charge in [0.25, 0.3) is 6.26 Å². The summed E-state index contributed by atoms with van der Waals surface area (Å²) >= 11 is 0. The third-order valence-corrected chi connectivity index (χ3v) is 6.75. The summed E-state index contributed by atoms with van der Waals surface area (Å²) in [5.41, 5.74) is 1.28. The normalized spacial score (nSPS) is 12.7. The second-order valence-electron chi connectivity index (χ2n) is 4.85. The van der Waals surface area contributed by atoms with Gasteiger partial charge in [0.2, 0.25) is 0 Å². The SMILES string of the molecule is CCO[Si](OCC)(OCC)C(C)Cc1ccc(OC#N)cc1. The van der Waals surface area contributed by atoms with Crippen molar-refractivity contribution in [3.05, 3.63) is 29.8 Å². The molecule has 0 amide bonds. The van der Waals surface area contributed by atoms with Crippen molar-refractivity contribution >= 4 is 8.80 Å². The van der Waals surface area contributed by atoms with E-state index in [0.717, 1.165) is 12.0 Å². The first-order valence-electron chi connectivity index (χ1n) is 7.68. The summed E-state index contributed by atoms with van der Waals surface area (Å²) in [5.74, 6) is 0.543. The molecule has 1 aromatic carbocycles. The maximum absolute atomic E-state index is 8.50. The van der Waals surface area contributed by atoms with Crippen molar-refractivity contribution in [3.8, 4) is 12.0 Å². The van der Waals surface area contributed by atoms with Crippen LogP contribution in [-0.2, 0) is 19.7 Å². The molecule has 0 radical (unpaired) electrons. The molecule has 0 aliphatic heterocycles. The van der Waals surface area contributed by atoms with E-state index in [1.165, 1.54) is 0 Å². The van der Waals surface area contributed by atoms with Gasteiger partial charge in [0.05, 0.1) is 0 Å². The number of nitriles is 1. The van der Waals surface area contributed by atoms with E-state index >= 15 is 0 Å². The molecule has 0 aromatic heterocycles. The minimum absolute atomic E-state index is 0.148. The monoisotopic (exact) mass is 323 g/mol. The number of rotatable bonds is 10. The van der Waals surface area contributed by atoms with Gasteiger partial charge in [-0.1, -0.05) is 19.1 Å². The van der Waals surface area contributed by atoms with Crippen LogP contribution in [0.1, 0.15) is 33.3 Å². The van der Waals surface area contributed by atoms with Crippen molar-refractivity contribution in [2.24, 2.45) is 0 Å². The highest BCUT2D eigenvalue weighted by Crippen LogP contribution is 2.29. The van der Waals surface area contributed by atoms with E-state index in [0.29, 0.717) is 25.6 Å². The Balaban J connectivity index is 2.84. The maximum Gasteiger partial charge on any atom is 0.504 e. The van der Waals surface area contributed by atoms with Crippen LogP contribution in [0.4, 0.5) is 0 Å². The molecule has 122 valence electrons. The molecule has 1 rings (SSSR count). The minimum atomic E-state index is -2.69. The Morgan fingerprint density at radius 2 is 1.50 bits per heavy atom. The van der Waals surface area contributed by atoms with E-state index < -0.39 is 8.80 Å². The van der Waals surface area contributed by atoms with Gasteiger partial charge in [-0.2, -0.15) is 0 Å². The second kappa shape index (κ2) is 9.59. The molecule has 0 saturated carbocycles. The third-order valence-electron chi connectivity index (χ3n) is 3.27. The number of hydrogen-bond acceptors (Lipinski definition) is 5. The third kappa shape index (κ3) is 5.11. The molecule has 0 spiro atoms. The van der Waals surface area contributed by atoms with Crippen LogP contribution in [0.2, 0.25) is 5.54 Å². The highest BCUT2D eigenvalue weighted by Gasteiger charge is 2.46. The largest absolute Gasteiger partial charge is 0.504 e. The molecular formula is C16H25NO4Si. The number of nitrogens with zero attached hydrogens (tertiary/aromatic N) is 1. The van der Waals surface area contributed by atoms with Gasteiger partial charge in [-0.3, -0.25) is 0 Å². The molecule has 0 bridgehead atoms. The zero-order valence-corrected chi connectivity index (χ0v) is 14.8. The predicted octanol–water partition coefficient (Wildman–Crippen LogP) is 3.53. The molecule has 1 aromatic rings. The van der Waals surface area contributed by atoms with Gasteiger partial charge < -0.3 is 18.0 Å². The number of ether oxygens (including phenoxy) is 1. The van der Waals surface area contributed by atoms with E-state index in [1.54, 1.807) is 18.4 Å². The van der Waals surface area contributed by atoms with Crippen molar-refractivity contribution < 1.29 is 18.0 Å².